The van der Waals surface area contributed by atoms with Crippen molar-refractivity contribution in [2.45, 2.75) is 77.2 Å². The third-order valence-corrected chi connectivity index (χ3v) is 9.25. The van der Waals surface area contributed by atoms with E-state index in [0.29, 0.717) is 18.3 Å². The van der Waals surface area contributed by atoms with E-state index in [1.54, 1.807) is 0 Å². The minimum absolute atomic E-state index is 0.179. The van der Waals surface area contributed by atoms with Crippen LogP contribution in [0.2, 0.25) is 0 Å². The van der Waals surface area contributed by atoms with E-state index in [0.717, 1.165) is 50.0 Å². The summed E-state index contributed by atoms with van der Waals surface area (Å²) >= 11 is 0. The van der Waals surface area contributed by atoms with Crippen LogP contribution in [0.1, 0.15) is 77.2 Å². The molecule has 2 fully saturated rings. The molecule has 4 nitrogen and oxygen atoms in total. The SMILES string of the molecule is CC(C)C#C[C@]1(O)CC[C@H]2[C@@H]3CCC4=CC(=O)CCC4=C3[C@@H](c3ccc4c(c3)OCO4)C[C@@]21C. The summed E-state index contributed by atoms with van der Waals surface area (Å²) in [4.78, 5) is 12.2. The molecule has 6 rings (SSSR count). The molecule has 0 unspecified atom stereocenters. The van der Waals surface area contributed by atoms with E-state index in [9.17, 15) is 9.90 Å². The molecule has 1 aromatic carbocycles. The van der Waals surface area contributed by atoms with Crippen LogP contribution in [0.5, 0.6) is 11.5 Å². The molecular weight excluding hydrogens is 424 g/mol. The van der Waals surface area contributed by atoms with Gasteiger partial charge in [-0.3, -0.25) is 4.79 Å². The molecule has 0 bridgehead atoms. The second-order valence-electron chi connectivity index (χ2n) is 11.4. The van der Waals surface area contributed by atoms with Crippen molar-refractivity contribution in [2.75, 3.05) is 6.79 Å². The number of ketones is 1. The van der Waals surface area contributed by atoms with Gasteiger partial charge in [-0.25, -0.2) is 0 Å². The summed E-state index contributed by atoms with van der Waals surface area (Å²) in [5.41, 5.74) is 4.17. The van der Waals surface area contributed by atoms with Crippen LogP contribution in [-0.4, -0.2) is 23.3 Å². The smallest absolute Gasteiger partial charge is 0.231 e. The second kappa shape index (κ2) is 7.75. The molecule has 1 aliphatic heterocycles. The minimum atomic E-state index is -0.967. The van der Waals surface area contributed by atoms with Crippen LogP contribution in [0.4, 0.5) is 0 Å². The van der Waals surface area contributed by atoms with Crippen molar-refractivity contribution in [2.24, 2.45) is 23.2 Å². The van der Waals surface area contributed by atoms with Crippen molar-refractivity contribution in [3.05, 3.63) is 46.6 Å². The minimum Gasteiger partial charge on any atom is -0.454 e. The van der Waals surface area contributed by atoms with Crippen molar-refractivity contribution < 1.29 is 19.4 Å². The van der Waals surface area contributed by atoms with Crippen molar-refractivity contribution in [1.82, 2.24) is 0 Å². The first-order valence-electron chi connectivity index (χ1n) is 12.9. The number of carbonyl (C=O) groups is 1. The number of benzene rings is 1. The Morgan fingerprint density at radius 3 is 2.76 bits per heavy atom. The van der Waals surface area contributed by atoms with Gasteiger partial charge in [0.25, 0.3) is 0 Å². The predicted octanol–water partition coefficient (Wildman–Crippen LogP) is 5.71. The molecule has 0 amide bonds. The van der Waals surface area contributed by atoms with E-state index < -0.39 is 5.60 Å². The molecule has 34 heavy (non-hydrogen) atoms. The van der Waals surface area contributed by atoms with Crippen LogP contribution < -0.4 is 9.47 Å². The number of carbonyl (C=O) groups excluding carboxylic acids is 1. The third kappa shape index (κ3) is 3.20. The lowest BCUT2D eigenvalue weighted by molar-refractivity contribution is -0.114. The molecule has 1 heterocycles. The third-order valence-electron chi connectivity index (χ3n) is 9.25. The highest BCUT2D eigenvalue weighted by atomic mass is 16.7. The largest absolute Gasteiger partial charge is 0.454 e. The molecule has 5 atom stereocenters. The highest BCUT2D eigenvalue weighted by Gasteiger charge is 2.62. The number of fused-ring (bicyclic) bond motifs is 5. The van der Waals surface area contributed by atoms with Crippen LogP contribution in [0.15, 0.2) is 41.0 Å². The summed E-state index contributed by atoms with van der Waals surface area (Å²) in [5.74, 6) is 9.77. The van der Waals surface area contributed by atoms with Crippen molar-refractivity contribution in [3.63, 3.8) is 0 Å². The fourth-order valence-electron chi connectivity index (χ4n) is 7.56. The lowest BCUT2D eigenvalue weighted by Gasteiger charge is -2.53. The Balaban J connectivity index is 1.51. The average molecular weight is 459 g/mol. The average Bonchev–Trinajstić information content (AvgIpc) is 3.38. The zero-order valence-corrected chi connectivity index (χ0v) is 20.4. The Labute approximate surface area is 202 Å². The molecule has 2 saturated carbocycles. The molecule has 0 radical (unpaired) electrons. The first kappa shape index (κ1) is 22.0. The molecule has 4 aliphatic carbocycles. The number of allylic oxidation sites excluding steroid dienone is 4. The Bertz CT molecular complexity index is 1180. The number of aliphatic hydroxyl groups is 1. The fourth-order valence-corrected chi connectivity index (χ4v) is 7.56. The Hall–Kier alpha value is -2.51. The molecule has 1 N–H and O–H groups in total. The summed E-state index contributed by atoms with van der Waals surface area (Å²) < 4.78 is 11.3. The van der Waals surface area contributed by atoms with Gasteiger partial charge in [0.15, 0.2) is 17.3 Å². The van der Waals surface area contributed by atoms with Gasteiger partial charge in [-0.05, 0) is 85.3 Å². The maximum atomic E-state index is 12.2. The summed E-state index contributed by atoms with van der Waals surface area (Å²) in [7, 11) is 0. The van der Waals surface area contributed by atoms with E-state index >= 15 is 0 Å². The Morgan fingerprint density at radius 1 is 1.12 bits per heavy atom. The molecule has 178 valence electrons. The van der Waals surface area contributed by atoms with Crippen LogP contribution in [0, 0.1) is 35.0 Å². The zero-order valence-electron chi connectivity index (χ0n) is 20.4. The van der Waals surface area contributed by atoms with Crippen molar-refractivity contribution in [1.29, 1.82) is 0 Å². The van der Waals surface area contributed by atoms with E-state index in [1.807, 2.05) is 12.1 Å². The molecule has 5 aliphatic rings. The van der Waals surface area contributed by atoms with Gasteiger partial charge < -0.3 is 14.6 Å². The van der Waals surface area contributed by atoms with Gasteiger partial charge in [0.05, 0.1) is 0 Å². The van der Waals surface area contributed by atoms with E-state index in [1.165, 1.54) is 22.3 Å². The monoisotopic (exact) mass is 458 g/mol. The van der Waals surface area contributed by atoms with Crippen LogP contribution in [-0.2, 0) is 4.79 Å². The van der Waals surface area contributed by atoms with Gasteiger partial charge in [-0.1, -0.05) is 44.3 Å². The van der Waals surface area contributed by atoms with Gasteiger partial charge in [0, 0.05) is 23.7 Å². The Morgan fingerprint density at radius 2 is 1.94 bits per heavy atom. The van der Waals surface area contributed by atoms with Gasteiger partial charge in [0.1, 0.15) is 5.60 Å². The van der Waals surface area contributed by atoms with Gasteiger partial charge in [0.2, 0.25) is 6.79 Å². The van der Waals surface area contributed by atoms with E-state index in [2.05, 4.69) is 44.7 Å². The number of ether oxygens (including phenoxy) is 2. The van der Waals surface area contributed by atoms with Crippen LogP contribution >= 0.6 is 0 Å². The van der Waals surface area contributed by atoms with Gasteiger partial charge in [-0.2, -0.15) is 0 Å². The standard InChI is InChI=1S/C30H34O4/c1-18(2)10-12-30(32)13-11-25-23-7-4-19-14-21(31)6-8-22(19)28(23)24(16-29(25,30)3)20-5-9-26-27(15-20)34-17-33-26/h5,9,14-15,18,23-25,32H,4,6-8,11,13,16-17H2,1-3H3/t23-,24+,25-,29-,30-/m0/s1. The number of hydrogen-bond acceptors (Lipinski definition) is 4. The quantitative estimate of drug-likeness (QED) is 0.548. The van der Waals surface area contributed by atoms with Gasteiger partial charge in [-0.15, -0.1) is 0 Å². The lowest BCUT2D eigenvalue weighted by Crippen LogP contribution is -2.51. The fraction of sp³-hybridized carbons (Fsp3) is 0.567. The maximum Gasteiger partial charge on any atom is 0.231 e. The van der Waals surface area contributed by atoms with Gasteiger partial charge >= 0.3 is 0 Å². The number of rotatable bonds is 1. The molecule has 4 heteroatoms. The van der Waals surface area contributed by atoms with Crippen molar-refractivity contribution in [3.8, 4) is 23.3 Å². The van der Waals surface area contributed by atoms with Crippen LogP contribution in [0.3, 0.4) is 0 Å². The first-order chi connectivity index (χ1) is 16.3. The van der Waals surface area contributed by atoms with Crippen LogP contribution in [0.25, 0.3) is 0 Å². The summed E-state index contributed by atoms with van der Waals surface area (Å²) in [6.07, 6.45) is 7.98. The number of hydrogen-bond donors (Lipinski definition) is 1. The van der Waals surface area contributed by atoms with E-state index in [4.69, 9.17) is 9.47 Å². The molecule has 0 aromatic heterocycles. The first-order valence-corrected chi connectivity index (χ1v) is 12.9. The highest BCUT2D eigenvalue weighted by Crippen LogP contribution is 2.66. The second-order valence-corrected chi connectivity index (χ2v) is 11.4. The predicted molar refractivity (Wildman–Crippen MR) is 130 cm³/mol. The van der Waals surface area contributed by atoms with Crippen molar-refractivity contribution >= 4 is 5.78 Å². The maximum absolute atomic E-state index is 12.2. The topological polar surface area (TPSA) is 55.8 Å². The summed E-state index contributed by atoms with van der Waals surface area (Å²) in [6.45, 7) is 6.73. The molecule has 0 spiro atoms. The lowest BCUT2D eigenvalue weighted by atomic mass is 9.51. The summed E-state index contributed by atoms with van der Waals surface area (Å²) in [6, 6.07) is 6.34. The molecular formula is C30H34O4. The van der Waals surface area contributed by atoms with E-state index in [-0.39, 0.29) is 29.8 Å². The molecule has 0 saturated heterocycles. The highest BCUT2D eigenvalue weighted by molar-refractivity contribution is 5.93. The normalized spacial score (nSPS) is 35.9. The Kier molecular flexibility index (Phi) is 5.01. The summed E-state index contributed by atoms with van der Waals surface area (Å²) in [5, 5.41) is 12.0. The zero-order chi connectivity index (χ0) is 23.7. The molecule has 1 aromatic rings.